The molecule has 2 N–H and O–H groups in total. The van der Waals surface area contributed by atoms with E-state index in [4.69, 9.17) is 0 Å². The Balaban J connectivity index is 1.57. The van der Waals surface area contributed by atoms with E-state index < -0.39 is 5.41 Å². The molecule has 3 rings (SSSR count). The van der Waals surface area contributed by atoms with Gasteiger partial charge in [0.05, 0.1) is 11.6 Å². The van der Waals surface area contributed by atoms with E-state index in [1.807, 2.05) is 37.7 Å². The van der Waals surface area contributed by atoms with Crippen molar-refractivity contribution in [3.8, 4) is 10.6 Å². The van der Waals surface area contributed by atoms with Gasteiger partial charge in [0.2, 0.25) is 5.91 Å². The van der Waals surface area contributed by atoms with Crippen LogP contribution in [0.3, 0.4) is 0 Å². The molecule has 1 fully saturated rings. The van der Waals surface area contributed by atoms with Crippen LogP contribution in [0.15, 0.2) is 17.8 Å². The fourth-order valence-corrected chi connectivity index (χ4v) is 4.27. The van der Waals surface area contributed by atoms with Gasteiger partial charge in [0.1, 0.15) is 10.7 Å². The summed E-state index contributed by atoms with van der Waals surface area (Å²) in [5.74, 6) is -0.0725. The van der Waals surface area contributed by atoms with Crippen LogP contribution in [0.1, 0.15) is 30.8 Å². The van der Waals surface area contributed by atoms with Gasteiger partial charge < -0.3 is 15.1 Å². The number of nitrogens with zero attached hydrogens (tertiary/aromatic N) is 4. The molecular formula is C18H26N6O2S. The second-order valence-corrected chi connectivity index (χ2v) is 8.71. The lowest BCUT2D eigenvalue weighted by Gasteiger charge is -2.31. The average molecular weight is 391 g/mol. The predicted molar refractivity (Wildman–Crippen MR) is 104 cm³/mol. The molecule has 0 aliphatic carbocycles. The van der Waals surface area contributed by atoms with Crippen LogP contribution in [-0.4, -0.2) is 76.6 Å². The fraction of sp³-hybridized carbons (Fsp3) is 0.556. The first kappa shape index (κ1) is 19.5. The van der Waals surface area contributed by atoms with E-state index in [0.29, 0.717) is 25.3 Å². The van der Waals surface area contributed by atoms with Crippen molar-refractivity contribution in [1.29, 1.82) is 0 Å². The largest absolute Gasteiger partial charge is 0.346 e. The Labute approximate surface area is 163 Å². The van der Waals surface area contributed by atoms with Gasteiger partial charge in [-0.1, -0.05) is 0 Å². The van der Waals surface area contributed by atoms with E-state index in [9.17, 15) is 9.59 Å². The van der Waals surface area contributed by atoms with Gasteiger partial charge in [-0.15, -0.1) is 11.3 Å². The maximum absolute atomic E-state index is 12.8. The molecule has 3 heterocycles. The zero-order chi connectivity index (χ0) is 19.6. The number of amides is 2. The molecule has 2 aromatic rings. The van der Waals surface area contributed by atoms with Crippen LogP contribution < -0.4 is 5.32 Å². The number of likely N-dealkylation sites (tertiary alicyclic amines) is 1. The lowest BCUT2D eigenvalue weighted by atomic mass is 9.91. The van der Waals surface area contributed by atoms with Crippen molar-refractivity contribution in [3.63, 3.8) is 0 Å². The molecule has 2 amide bonds. The summed E-state index contributed by atoms with van der Waals surface area (Å²) in [7, 11) is 3.93. The minimum absolute atomic E-state index is 0.0457. The number of carbonyl (C=O) groups is 2. The monoisotopic (exact) mass is 390 g/mol. The zero-order valence-corrected chi connectivity index (χ0v) is 17.0. The summed E-state index contributed by atoms with van der Waals surface area (Å²) in [5, 5.41) is 12.1. The summed E-state index contributed by atoms with van der Waals surface area (Å²) in [6.07, 6.45) is 4.18. The molecule has 0 radical (unpaired) electrons. The van der Waals surface area contributed by atoms with Crippen molar-refractivity contribution >= 4 is 23.2 Å². The summed E-state index contributed by atoms with van der Waals surface area (Å²) in [5.41, 5.74) is 0.810. The molecule has 0 spiro atoms. The highest BCUT2D eigenvalue weighted by atomic mass is 32.1. The highest BCUT2D eigenvalue weighted by Crippen LogP contribution is 2.24. The molecule has 1 atom stereocenters. The average Bonchev–Trinajstić information content (AvgIpc) is 3.33. The number of nitrogens with one attached hydrogen (secondary N) is 2. The van der Waals surface area contributed by atoms with Crippen molar-refractivity contribution in [2.75, 3.05) is 33.7 Å². The van der Waals surface area contributed by atoms with E-state index in [2.05, 4.69) is 20.5 Å². The Morgan fingerprint density at radius 1 is 1.44 bits per heavy atom. The Morgan fingerprint density at radius 3 is 2.89 bits per heavy atom. The van der Waals surface area contributed by atoms with Crippen molar-refractivity contribution in [2.45, 2.75) is 26.3 Å². The molecule has 0 bridgehead atoms. The number of H-pyrrole nitrogens is 1. The molecule has 1 unspecified atom stereocenters. The molecule has 1 aliphatic heterocycles. The zero-order valence-electron chi connectivity index (χ0n) is 16.2. The lowest BCUT2D eigenvalue weighted by Crippen LogP contribution is -2.46. The smallest absolute Gasteiger partial charge is 0.271 e. The van der Waals surface area contributed by atoms with Crippen molar-refractivity contribution in [1.82, 2.24) is 30.3 Å². The van der Waals surface area contributed by atoms with Crippen LogP contribution in [-0.2, 0) is 4.79 Å². The molecular weight excluding hydrogens is 364 g/mol. The number of aromatic amines is 1. The van der Waals surface area contributed by atoms with E-state index in [0.717, 1.165) is 17.0 Å². The summed E-state index contributed by atoms with van der Waals surface area (Å²) in [6.45, 7) is 5.83. The van der Waals surface area contributed by atoms with Crippen LogP contribution in [0.25, 0.3) is 10.6 Å². The number of hydrogen-bond donors (Lipinski definition) is 2. The van der Waals surface area contributed by atoms with Crippen molar-refractivity contribution in [3.05, 3.63) is 23.5 Å². The van der Waals surface area contributed by atoms with Crippen LogP contribution >= 0.6 is 11.3 Å². The lowest BCUT2D eigenvalue weighted by molar-refractivity contribution is -0.140. The number of carbonyl (C=O) groups excluding carboxylic acids is 2. The fourth-order valence-electron chi connectivity index (χ4n) is 3.49. The maximum Gasteiger partial charge on any atom is 0.271 e. The van der Waals surface area contributed by atoms with E-state index in [-0.39, 0.29) is 17.9 Å². The van der Waals surface area contributed by atoms with Gasteiger partial charge in [-0.3, -0.25) is 14.7 Å². The van der Waals surface area contributed by atoms with Crippen molar-refractivity contribution in [2.24, 2.45) is 5.41 Å². The van der Waals surface area contributed by atoms with Crippen LogP contribution in [0.5, 0.6) is 0 Å². The van der Waals surface area contributed by atoms with Gasteiger partial charge in [0, 0.05) is 42.8 Å². The van der Waals surface area contributed by atoms with Crippen LogP contribution in [0.2, 0.25) is 0 Å². The highest BCUT2D eigenvalue weighted by molar-refractivity contribution is 7.13. The minimum Gasteiger partial charge on any atom is -0.346 e. The van der Waals surface area contributed by atoms with Crippen molar-refractivity contribution < 1.29 is 9.59 Å². The van der Waals surface area contributed by atoms with Gasteiger partial charge >= 0.3 is 0 Å². The molecule has 0 aromatic carbocycles. The molecule has 9 heteroatoms. The quantitative estimate of drug-likeness (QED) is 0.779. The maximum atomic E-state index is 12.8. The second kappa shape index (κ2) is 7.77. The Hall–Kier alpha value is -2.26. The molecule has 2 aromatic heterocycles. The van der Waals surface area contributed by atoms with E-state index >= 15 is 0 Å². The van der Waals surface area contributed by atoms with Gasteiger partial charge in [0.15, 0.2) is 0 Å². The molecule has 0 saturated carbocycles. The van der Waals surface area contributed by atoms with E-state index in [1.165, 1.54) is 11.3 Å². The standard InChI is InChI=1S/C18H26N6O2S/c1-18(2,11-23(3)4)17(26)24-6-5-13(9-24)21-15(25)14-10-27-16(22-14)12-7-19-20-8-12/h7-8,10,13H,5-6,9,11H2,1-4H3,(H,19,20)(H,21,25). The Kier molecular flexibility index (Phi) is 5.61. The highest BCUT2D eigenvalue weighted by Gasteiger charge is 2.36. The molecule has 8 nitrogen and oxygen atoms in total. The summed E-state index contributed by atoms with van der Waals surface area (Å²) in [4.78, 5) is 33.6. The first-order chi connectivity index (χ1) is 12.8. The summed E-state index contributed by atoms with van der Waals surface area (Å²) in [6, 6.07) is -0.0457. The summed E-state index contributed by atoms with van der Waals surface area (Å²) < 4.78 is 0. The normalized spacial score (nSPS) is 17.5. The first-order valence-electron chi connectivity index (χ1n) is 8.96. The molecule has 1 aliphatic rings. The van der Waals surface area contributed by atoms with E-state index in [1.54, 1.807) is 17.8 Å². The van der Waals surface area contributed by atoms with Gasteiger partial charge in [-0.25, -0.2) is 4.98 Å². The number of rotatable bonds is 6. The topological polar surface area (TPSA) is 94.2 Å². The minimum atomic E-state index is -0.448. The first-order valence-corrected chi connectivity index (χ1v) is 9.84. The van der Waals surface area contributed by atoms with Crippen LogP contribution in [0, 0.1) is 5.41 Å². The molecule has 1 saturated heterocycles. The summed E-state index contributed by atoms with van der Waals surface area (Å²) >= 11 is 1.41. The number of hydrogen-bond acceptors (Lipinski definition) is 6. The molecule has 146 valence electrons. The number of aromatic nitrogens is 3. The predicted octanol–water partition coefficient (Wildman–Crippen LogP) is 1.45. The number of thiazole rings is 1. The second-order valence-electron chi connectivity index (χ2n) is 7.86. The molecule has 27 heavy (non-hydrogen) atoms. The third kappa shape index (κ3) is 4.54. The third-order valence-corrected chi connectivity index (χ3v) is 5.47. The Bertz CT molecular complexity index is 799. The Morgan fingerprint density at radius 2 is 2.22 bits per heavy atom. The SMILES string of the molecule is CN(C)CC(C)(C)C(=O)N1CCC(NC(=O)c2csc(-c3cn[nH]c3)n2)C1. The third-order valence-electron chi connectivity index (χ3n) is 4.58. The van der Waals surface area contributed by atoms with Gasteiger partial charge in [-0.2, -0.15) is 5.10 Å². The van der Waals surface area contributed by atoms with Gasteiger partial charge in [0.25, 0.3) is 5.91 Å². The van der Waals surface area contributed by atoms with Gasteiger partial charge in [-0.05, 0) is 34.4 Å². The van der Waals surface area contributed by atoms with Crippen LogP contribution in [0.4, 0.5) is 0 Å².